The molecule has 2 N–H and O–H groups in total. The van der Waals surface area contributed by atoms with Crippen LogP contribution in [0.15, 0.2) is 39.8 Å². The molecule has 0 aliphatic heterocycles. The second kappa shape index (κ2) is 6.83. The SMILES string of the molecule is Cc1cc(S(=O)(=O)NCC(C)(O)Cc2ccco2)c(Cl)cc1Cl. The van der Waals surface area contributed by atoms with Crippen LogP contribution in [0.2, 0.25) is 10.0 Å². The molecule has 0 spiro atoms. The van der Waals surface area contributed by atoms with Gasteiger partial charge in [0, 0.05) is 18.0 Å². The summed E-state index contributed by atoms with van der Waals surface area (Å²) in [6, 6.07) is 6.19. The summed E-state index contributed by atoms with van der Waals surface area (Å²) >= 11 is 11.9. The van der Waals surface area contributed by atoms with Gasteiger partial charge < -0.3 is 9.52 Å². The fourth-order valence-electron chi connectivity index (χ4n) is 2.02. The molecule has 0 fully saturated rings. The van der Waals surface area contributed by atoms with E-state index in [1.165, 1.54) is 25.3 Å². The van der Waals surface area contributed by atoms with Gasteiger partial charge >= 0.3 is 0 Å². The highest BCUT2D eigenvalue weighted by Crippen LogP contribution is 2.28. The van der Waals surface area contributed by atoms with Crippen LogP contribution in [0.25, 0.3) is 0 Å². The van der Waals surface area contributed by atoms with Crippen LogP contribution in [-0.2, 0) is 16.4 Å². The molecule has 23 heavy (non-hydrogen) atoms. The van der Waals surface area contributed by atoms with E-state index in [0.29, 0.717) is 16.3 Å². The summed E-state index contributed by atoms with van der Waals surface area (Å²) in [5.41, 5.74) is -0.711. The van der Waals surface area contributed by atoms with Crippen molar-refractivity contribution in [3.63, 3.8) is 0 Å². The van der Waals surface area contributed by atoms with Crippen molar-refractivity contribution in [1.29, 1.82) is 0 Å². The molecule has 1 unspecified atom stereocenters. The number of rotatable bonds is 6. The molecule has 8 heteroatoms. The molecule has 1 atom stereocenters. The first kappa shape index (κ1) is 18.3. The Hall–Kier alpha value is -1.05. The number of furan rings is 1. The lowest BCUT2D eigenvalue weighted by Crippen LogP contribution is -2.42. The van der Waals surface area contributed by atoms with Gasteiger partial charge in [-0.2, -0.15) is 0 Å². The van der Waals surface area contributed by atoms with Crippen LogP contribution in [-0.4, -0.2) is 25.7 Å². The minimum atomic E-state index is -3.87. The standard InChI is InChI=1S/C15H17Cl2NO4S/c1-10-6-14(13(17)7-12(10)16)23(20,21)18-9-15(2,19)8-11-4-3-5-22-11/h3-7,18-19H,8-9H2,1-2H3. The van der Waals surface area contributed by atoms with E-state index in [1.54, 1.807) is 19.1 Å². The largest absolute Gasteiger partial charge is 0.469 e. The van der Waals surface area contributed by atoms with E-state index in [4.69, 9.17) is 27.6 Å². The van der Waals surface area contributed by atoms with E-state index in [0.717, 1.165) is 0 Å². The van der Waals surface area contributed by atoms with Gasteiger partial charge in [0.2, 0.25) is 10.0 Å². The quantitative estimate of drug-likeness (QED) is 0.809. The lowest BCUT2D eigenvalue weighted by atomic mass is 10.0. The van der Waals surface area contributed by atoms with Gasteiger partial charge in [-0.25, -0.2) is 13.1 Å². The van der Waals surface area contributed by atoms with Gasteiger partial charge in [-0.05, 0) is 43.7 Å². The van der Waals surface area contributed by atoms with Crippen molar-refractivity contribution >= 4 is 33.2 Å². The Morgan fingerprint density at radius 3 is 2.61 bits per heavy atom. The van der Waals surface area contributed by atoms with Crippen molar-refractivity contribution in [2.75, 3.05) is 6.54 Å². The number of sulfonamides is 1. The van der Waals surface area contributed by atoms with Crippen molar-refractivity contribution in [3.05, 3.63) is 51.9 Å². The van der Waals surface area contributed by atoms with Crippen molar-refractivity contribution < 1.29 is 17.9 Å². The molecule has 0 amide bonds. The minimum Gasteiger partial charge on any atom is -0.469 e. The van der Waals surface area contributed by atoms with Crippen LogP contribution < -0.4 is 4.72 Å². The van der Waals surface area contributed by atoms with E-state index in [1.807, 2.05) is 0 Å². The molecular weight excluding hydrogens is 361 g/mol. The number of halogens is 2. The zero-order chi connectivity index (χ0) is 17.3. The summed E-state index contributed by atoms with van der Waals surface area (Å²) in [4.78, 5) is -0.0742. The number of aliphatic hydroxyl groups is 1. The summed E-state index contributed by atoms with van der Waals surface area (Å²) in [7, 11) is -3.87. The monoisotopic (exact) mass is 377 g/mol. The van der Waals surface area contributed by atoms with Crippen LogP contribution in [0.1, 0.15) is 18.2 Å². The summed E-state index contributed by atoms with van der Waals surface area (Å²) in [6.45, 7) is 3.02. The Morgan fingerprint density at radius 2 is 2.00 bits per heavy atom. The average molecular weight is 378 g/mol. The summed E-state index contributed by atoms with van der Waals surface area (Å²) in [5, 5.41) is 10.7. The van der Waals surface area contributed by atoms with Gasteiger partial charge in [-0.1, -0.05) is 23.2 Å². The highest BCUT2D eigenvalue weighted by atomic mass is 35.5. The number of benzene rings is 1. The van der Waals surface area contributed by atoms with Crippen LogP contribution in [0.4, 0.5) is 0 Å². The van der Waals surface area contributed by atoms with Crippen molar-refractivity contribution in [3.8, 4) is 0 Å². The smallest absolute Gasteiger partial charge is 0.242 e. The van der Waals surface area contributed by atoms with Gasteiger partial charge in [-0.3, -0.25) is 0 Å². The van der Waals surface area contributed by atoms with E-state index < -0.39 is 15.6 Å². The number of aryl methyl sites for hydroxylation is 1. The number of nitrogens with one attached hydrogen (secondary N) is 1. The predicted octanol–water partition coefficient (Wildman–Crippen LogP) is 3.17. The van der Waals surface area contributed by atoms with E-state index in [2.05, 4.69) is 4.72 Å². The van der Waals surface area contributed by atoms with Crippen molar-refractivity contribution in [2.24, 2.45) is 0 Å². The van der Waals surface area contributed by atoms with Gasteiger partial charge in [0.25, 0.3) is 0 Å². The highest BCUT2D eigenvalue weighted by Gasteiger charge is 2.27. The topological polar surface area (TPSA) is 79.5 Å². The second-order valence-electron chi connectivity index (χ2n) is 5.61. The summed E-state index contributed by atoms with van der Waals surface area (Å²) in [6.07, 6.45) is 1.67. The van der Waals surface area contributed by atoms with Gasteiger partial charge in [0.05, 0.1) is 16.9 Å². The van der Waals surface area contributed by atoms with Crippen LogP contribution in [0.5, 0.6) is 0 Å². The molecule has 0 aliphatic rings. The Labute approximate surface area is 145 Å². The Bertz CT molecular complexity index is 786. The van der Waals surface area contributed by atoms with Crippen LogP contribution in [0.3, 0.4) is 0 Å². The van der Waals surface area contributed by atoms with Gasteiger partial charge in [-0.15, -0.1) is 0 Å². The molecule has 2 rings (SSSR count). The lowest BCUT2D eigenvalue weighted by Gasteiger charge is -2.22. The first-order valence-electron chi connectivity index (χ1n) is 6.81. The molecule has 0 radical (unpaired) electrons. The second-order valence-corrected chi connectivity index (χ2v) is 8.16. The maximum absolute atomic E-state index is 12.4. The molecule has 1 heterocycles. The first-order valence-corrected chi connectivity index (χ1v) is 9.05. The van der Waals surface area contributed by atoms with Gasteiger partial charge in [0.15, 0.2) is 0 Å². The molecule has 5 nitrogen and oxygen atoms in total. The Kier molecular flexibility index (Phi) is 5.43. The zero-order valence-corrected chi connectivity index (χ0v) is 15.0. The summed E-state index contributed by atoms with van der Waals surface area (Å²) in [5.74, 6) is 0.564. The van der Waals surface area contributed by atoms with Gasteiger partial charge in [0.1, 0.15) is 10.7 Å². The number of hydrogen-bond acceptors (Lipinski definition) is 4. The molecular formula is C15H17Cl2NO4S. The van der Waals surface area contributed by atoms with E-state index in [-0.39, 0.29) is 22.9 Å². The Morgan fingerprint density at radius 1 is 1.30 bits per heavy atom. The highest BCUT2D eigenvalue weighted by molar-refractivity contribution is 7.89. The normalized spacial score (nSPS) is 14.7. The fourth-order valence-corrected chi connectivity index (χ4v) is 4.01. The van der Waals surface area contributed by atoms with Crippen LogP contribution in [0, 0.1) is 6.92 Å². The average Bonchev–Trinajstić information content (AvgIpc) is 2.93. The molecule has 126 valence electrons. The zero-order valence-electron chi connectivity index (χ0n) is 12.6. The molecule has 1 aromatic carbocycles. The van der Waals surface area contributed by atoms with E-state index in [9.17, 15) is 13.5 Å². The molecule has 1 aromatic heterocycles. The maximum Gasteiger partial charge on any atom is 0.242 e. The third-order valence-electron chi connectivity index (χ3n) is 3.28. The fraction of sp³-hybridized carbons (Fsp3) is 0.333. The third-order valence-corrected chi connectivity index (χ3v) is 5.55. The first-order chi connectivity index (χ1) is 10.6. The van der Waals surface area contributed by atoms with E-state index >= 15 is 0 Å². The van der Waals surface area contributed by atoms with Crippen molar-refractivity contribution in [2.45, 2.75) is 30.8 Å². The Balaban J connectivity index is 2.14. The molecule has 0 bridgehead atoms. The van der Waals surface area contributed by atoms with Crippen LogP contribution >= 0.6 is 23.2 Å². The number of hydrogen-bond donors (Lipinski definition) is 2. The third kappa shape index (κ3) is 4.71. The molecule has 0 aliphatic carbocycles. The summed E-state index contributed by atoms with van der Waals surface area (Å²) < 4.78 is 32.3. The lowest BCUT2D eigenvalue weighted by molar-refractivity contribution is 0.0603. The maximum atomic E-state index is 12.4. The predicted molar refractivity (Wildman–Crippen MR) is 89.4 cm³/mol. The minimum absolute atomic E-state index is 0.0266. The molecule has 0 saturated carbocycles. The van der Waals surface area contributed by atoms with Crippen molar-refractivity contribution in [1.82, 2.24) is 4.72 Å². The molecule has 0 saturated heterocycles. The molecule has 2 aromatic rings.